The number of hydrogen-bond acceptors (Lipinski definition) is 4. The second-order valence-corrected chi connectivity index (χ2v) is 7.74. The highest BCUT2D eigenvalue weighted by molar-refractivity contribution is 5.86. The van der Waals surface area contributed by atoms with E-state index in [2.05, 4.69) is 10.3 Å². The monoisotopic (exact) mass is 428 g/mol. The zero-order valence-electron chi connectivity index (χ0n) is 17.8. The van der Waals surface area contributed by atoms with Gasteiger partial charge in [0.15, 0.2) is 0 Å². The Bertz CT molecular complexity index is 1250. The molecular weight excluding hydrogens is 404 g/mol. The molecule has 2 aromatic carbocycles. The SMILES string of the molecule is Cn1cc(C(CC(=O)NCCc2ccccn2)c2cccc([N+](=O)[O-])c2)c2ccccc21. The van der Waals surface area contributed by atoms with E-state index in [0.29, 0.717) is 13.0 Å². The summed E-state index contributed by atoms with van der Waals surface area (Å²) in [5.74, 6) is -0.416. The van der Waals surface area contributed by atoms with Crippen molar-refractivity contribution in [2.75, 3.05) is 6.54 Å². The molecule has 0 saturated heterocycles. The molecule has 162 valence electrons. The molecule has 0 aliphatic heterocycles. The highest BCUT2D eigenvalue weighted by atomic mass is 16.6. The number of nitro benzene ring substituents is 1. The van der Waals surface area contributed by atoms with Gasteiger partial charge in [-0.25, -0.2) is 0 Å². The average Bonchev–Trinajstić information content (AvgIpc) is 3.15. The van der Waals surface area contributed by atoms with Gasteiger partial charge >= 0.3 is 0 Å². The summed E-state index contributed by atoms with van der Waals surface area (Å²) in [5, 5.41) is 15.4. The molecule has 1 atom stereocenters. The molecule has 4 aromatic rings. The van der Waals surface area contributed by atoms with Gasteiger partial charge in [0.1, 0.15) is 0 Å². The fourth-order valence-corrected chi connectivity index (χ4v) is 4.05. The Morgan fingerprint density at radius 3 is 2.72 bits per heavy atom. The maximum Gasteiger partial charge on any atom is 0.269 e. The first-order chi connectivity index (χ1) is 15.5. The van der Waals surface area contributed by atoms with Crippen molar-refractivity contribution in [2.45, 2.75) is 18.8 Å². The fraction of sp³-hybridized carbons (Fsp3) is 0.200. The van der Waals surface area contributed by atoms with Gasteiger partial charge in [0.2, 0.25) is 5.91 Å². The molecule has 0 aliphatic carbocycles. The minimum Gasteiger partial charge on any atom is -0.356 e. The van der Waals surface area contributed by atoms with E-state index in [-0.39, 0.29) is 23.9 Å². The molecule has 4 rings (SSSR count). The number of rotatable bonds is 8. The van der Waals surface area contributed by atoms with Crippen LogP contribution in [-0.2, 0) is 18.3 Å². The van der Waals surface area contributed by atoms with E-state index in [9.17, 15) is 14.9 Å². The van der Waals surface area contributed by atoms with E-state index in [0.717, 1.165) is 27.7 Å². The molecular formula is C25H24N4O3. The van der Waals surface area contributed by atoms with Crippen molar-refractivity contribution in [1.82, 2.24) is 14.9 Å². The Kier molecular flexibility index (Phi) is 6.26. The van der Waals surface area contributed by atoms with Crippen LogP contribution in [0.15, 0.2) is 79.1 Å². The molecule has 1 N–H and O–H groups in total. The predicted molar refractivity (Wildman–Crippen MR) is 123 cm³/mol. The third-order valence-electron chi connectivity index (χ3n) is 5.61. The maximum absolute atomic E-state index is 12.9. The molecule has 0 fully saturated rings. The number of carbonyl (C=O) groups excluding carboxylic acids is 1. The third kappa shape index (κ3) is 4.67. The van der Waals surface area contributed by atoms with E-state index >= 15 is 0 Å². The Labute approximate surface area is 185 Å². The number of amides is 1. The summed E-state index contributed by atoms with van der Waals surface area (Å²) < 4.78 is 2.02. The summed E-state index contributed by atoms with van der Waals surface area (Å²) in [7, 11) is 1.96. The quantitative estimate of drug-likeness (QED) is 0.333. The van der Waals surface area contributed by atoms with Crippen LogP contribution in [0.1, 0.15) is 29.2 Å². The van der Waals surface area contributed by atoms with Crippen LogP contribution >= 0.6 is 0 Å². The molecule has 0 bridgehead atoms. The van der Waals surface area contributed by atoms with Gasteiger partial charge in [-0.15, -0.1) is 0 Å². The number of nitrogens with zero attached hydrogens (tertiary/aromatic N) is 3. The second kappa shape index (κ2) is 9.43. The molecule has 1 unspecified atom stereocenters. The molecule has 0 saturated carbocycles. The summed E-state index contributed by atoms with van der Waals surface area (Å²) in [4.78, 5) is 28.1. The van der Waals surface area contributed by atoms with Crippen molar-refractivity contribution in [2.24, 2.45) is 7.05 Å². The number of non-ortho nitro benzene ring substituents is 1. The van der Waals surface area contributed by atoms with Crippen LogP contribution in [0.5, 0.6) is 0 Å². The molecule has 0 aliphatic rings. The van der Waals surface area contributed by atoms with Crippen LogP contribution in [0.4, 0.5) is 5.69 Å². The van der Waals surface area contributed by atoms with Gasteiger partial charge in [0.05, 0.1) is 4.92 Å². The highest BCUT2D eigenvalue weighted by Gasteiger charge is 2.23. The Balaban J connectivity index is 1.61. The highest BCUT2D eigenvalue weighted by Crippen LogP contribution is 2.35. The minimum atomic E-state index is -0.406. The first kappa shape index (κ1) is 21.2. The van der Waals surface area contributed by atoms with Gasteiger partial charge in [-0.3, -0.25) is 19.9 Å². The van der Waals surface area contributed by atoms with Gasteiger partial charge in [-0.1, -0.05) is 36.4 Å². The minimum absolute atomic E-state index is 0.0169. The van der Waals surface area contributed by atoms with Crippen LogP contribution in [-0.4, -0.2) is 26.9 Å². The zero-order valence-corrected chi connectivity index (χ0v) is 17.8. The molecule has 7 heteroatoms. The first-order valence-corrected chi connectivity index (χ1v) is 10.5. The van der Waals surface area contributed by atoms with Gasteiger partial charge < -0.3 is 9.88 Å². The van der Waals surface area contributed by atoms with Crippen molar-refractivity contribution < 1.29 is 9.72 Å². The summed E-state index contributed by atoms with van der Waals surface area (Å²) in [6, 6.07) is 20.2. The summed E-state index contributed by atoms with van der Waals surface area (Å²) in [5.41, 5.74) is 3.70. The van der Waals surface area contributed by atoms with Crippen molar-refractivity contribution in [1.29, 1.82) is 0 Å². The lowest BCUT2D eigenvalue weighted by Crippen LogP contribution is -2.27. The van der Waals surface area contributed by atoms with E-state index in [4.69, 9.17) is 0 Å². The van der Waals surface area contributed by atoms with Crippen molar-refractivity contribution in [3.8, 4) is 0 Å². The number of carbonyl (C=O) groups is 1. The molecule has 32 heavy (non-hydrogen) atoms. The number of para-hydroxylation sites is 1. The van der Waals surface area contributed by atoms with Gasteiger partial charge in [0, 0.05) is 73.5 Å². The van der Waals surface area contributed by atoms with Crippen LogP contribution < -0.4 is 5.32 Å². The lowest BCUT2D eigenvalue weighted by molar-refractivity contribution is -0.384. The number of benzene rings is 2. The molecule has 7 nitrogen and oxygen atoms in total. The van der Waals surface area contributed by atoms with Crippen LogP contribution in [0.2, 0.25) is 0 Å². The number of nitrogens with one attached hydrogen (secondary N) is 1. The predicted octanol–water partition coefficient (Wildman–Crippen LogP) is 4.36. The third-order valence-corrected chi connectivity index (χ3v) is 5.61. The smallest absolute Gasteiger partial charge is 0.269 e. The largest absolute Gasteiger partial charge is 0.356 e. The molecule has 0 spiro atoms. The van der Waals surface area contributed by atoms with Gasteiger partial charge in [-0.05, 0) is 29.3 Å². The van der Waals surface area contributed by atoms with Gasteiger partial charge in [0.25, 0.3) is 5.69 Å². The van der Waals surface area contributed by atoms with E-state index in [1.54, 1.807) is 18.3 Å². The number of aryl methyl sites for hydroxylation is 1. The number of nitro groups is 1. The number of aromatic nitrogens is 2. The maximum atomic E-state index is 12.9. The second-order valence-electron chi connectivity index (χ2n) is 7.74. The number of pyridine rings is 1. The standard InChI is InChI=1S/C25H24N4O3/c1-28-17-23(21-10-2-3-11-24(21)28)22(18-7-6-9-20(15-18)29(31)32)16-25(30)27-14-12-19-8-4-5-13-26-19/h2-11,13,15,17,22H,12,14,16H2,1H3,(H,27,30). The van der Waals surface area contributed by atoms with E-state index < -0.39 is 4.92 Å². The van der Waals surface area contributed by atoms with Crippen molar-refractivity contribution >= 4 is 22.5 Å². The first-order valence-electron chi connectivity index (χ1n) is 10.5. The summed E-state index contributed by atoms with van der Waals surface area (Å²) >= 11 is 0. The van der Waals surface area contributed by atoms with Crippen molar-refractivity contribution in [3.05, 3.63) is 106 Å². The van der Waals surface area contributed by atoms with Crippen LogP contribution in [0.25, 0.3) is 10.9 Å². The lowest BCUT2D eigenvalue weighted by Gasteiger charge is -2.17. The number of fused-ring (bicyclic) bond motifs is 1. The van der Waals surface area contributed by atoms with E-state index in [1.165, 1.54) is 6.07 Å². The van der Waals surface area contributed by atoms with Crippen LogP contribution in [0.3, 0.4) is 0 Å². The normalized spacial score (nSPS) is 11.9. The van der Waals surface area contributed by atoms with Crippen LogP contribution in [0, 0.1) is 10.1 Å². The molecule has 0 radical (unpaired) electrons. The average molecular weight is 428 g/mol. The Morgan fingerprint density at radius 2 is 1.94 bits per heavy atom. The fourth-order valence-electron chi connectivity index (χ4n) is 4.05. The lowest BCUT2D eigenvalue weighted by atomic mass is 9.87. The molecule has 2 heterocycles. The summed E-state index contributed by atoms with van der Waals surface area (Å²) in [6.45, 7) is 0.479. The number of hydrogen-bond donors (Lipinski definition) is 1. The van der Waals surface area contributed by atoms with Gasteiger partial charge in [-0.2, -0.15) is 0 Å². The Morgan fingerprint density at radius 1 is 1.12 bits per heavy atom. The zero-order chi connectivity index (χ0) is 22.5. The topological polar surface area (TPSA) is 90.1 Å². The molecule has 2 aromatic heterocycles. The summed E-state index contributed by atoms with van der Waals surface area (Å²) in [6.07, 6.45) is 4.57. The van der Waals surface area contributed by atoms with Crippen molar-refractivity contribution in [3.63, 3.8) is 0 Å². The van der Waals surface area contributed by atoms with E-state index in [1.807, 2.05) is 66.3 Å². The molecule has 1 amide bonds. The Hall–Kier alpha value is -4.00.